The van der Waals surface area contributed by atoms with Crippen molar-refractivity contribution in [3.63, 3.8) is 0 Å². The molecule has 0 unspecified atom stereocenters. The summed E-state index contributed by atoms with van der Waals surface area (Å²) in [4.78, 5) is 8.76. The van der Waals surface area contributed by atoms with E-state index in [-0.39, 0.29) is 5.54 Å². The Morgan fingerprint density at radius 3 is 2.32 bits per heavy atom. The average molecular weight is 295 g/mol. The number of hydrogen-bond acceptors (Lipinski definition) is 5. The zero-order chi connectivity index (χ0) is 15.6. The molecule has 1 aliphatic rings. The highest BCUT2D eigenvalue weighted by atomic mass is 15.2. The van der Waals surface area contributed by atoms with Crippen LogP contribution in [-0.4, -0.2) is 9.97 Å². The molecule has 0 spiro atoms. The summed E-state index contributed by atoms with van der Waals surface area (Å²) in [5.41, 5.74) is 6.41. The molecule has 1 aliphatic carbocycles. The van der Waals surface area contributed by atoms with Crippen LogP contribution in [0.1, 0.15) is 36.0 Å². The highest BCUT2D eigenvalue weighted by Gasteiger charge is 2.39. The van der Waals surface area contributed by atoms with Crippen molar-refractivity contribution in [2.45, 2.75) is 31.7 Å². The number of hydrogen-bond donors (Lipinski definition) is 3. The van der Waals surface area contributed by atoms with E-state index in [1.54, 1.807) is 12.4 Å². The van der Waals surface area contributed by atoms with Gasteiger partial charge in [-0.15, -0.1) is 0 Å². The monoisotopic (exact) mass is 295 g/mol. The molecule has 1 saturated carbocycles. The second-order valence-corrected chi connectivity index (χ2v) is 5.84. The molecular formula is C17H21N5. The molecule has 1 aromatic carbocycles. The van der Waals surface area contributed by atoms with E-state index in [4.69, 9.17) is 5.84 Å². The maximum absolute atomic E-state index is 5.34. The first-order valence-electron chi connectivity index (χ1n) is 7.46. The highest BCUT2D eigenvalue weighted by molar-refractivity contribution is 5.59. The van der Waals surface area contributed by atoms with Crippen LogP contribution >= 0.6 is 0 Å². The Bertz CT molecular complexity index is 656. The molecule has 0 radical (unpaired) electrons. The number of rotatable bonds is 5. The van der Waals surface area contributed by atoms with E-state index in [1.165, 1.54) is 17.5 Å². The Morgan fingerprint density at radius 1 is 1.18 bits per heavy atom. The SMILES string of the molecule is C=C(NN)c1cnc(NC2(c3ccc(C)cc3)CCC2)nc1. The molecule has 0 aliphatic heterocycles. The molecule has 3 rings (SSSR count). The van der Waals surface area contributed by atoms with Crippen LogP contribution in [0.15, 0.2) is 43.2 Å². The highest BCUT2D eigenvalue weighted by Crippen LogP contribution is 2.43. The Hall–Kier alpha value is -2.40. The number of hydrazine groups is 1. The fourth-order valence-corrected chi connectivity index (χ4v) is 2.73. The van der Waals surface area contributed by atoms with Crippen LogP contribution in [0.5, 0.6) is 0 Å². The third kappa shape index (κ3) is 2.67. The minimum Gasteiger partial charge on any atom is -0.345 e. The molecule has 5 nitrogen and oxygen atoms in total. The Balaban J connectivity index is 1.81. The molecule has 0 bridgehead atoms. The van der Waals surface area contributed by atoms with E-state index >= 15 is 0 Å². The van der Waals surface area contributed by atoms with Gasteiger partial charge in [0.2, 0.25) is 5.95 Å². The van der Waals surface area contributed by atoms with E-state index in [1.807, 2.05) is 0 Å². The summed E-state index contributed by atoms with van der Waals surface area (Å²) in [7, 11) is 0. The van der Waals surface area contributed by atoms with Gasteiger partial charge in [-0.3, -0.25) is 5.84 Å². The molecule has 2 aromatic rings. The Morgan fingerprint density at radius 2 is 1.82 bits per heavy atom. The molecule has 0 atom stereocenters. The van der Waals surface area contributed by atoms with Crippen LogP contribution in [0, 0.1) is 6.92 Å². The van der Waals surface area contributed by atoms with Crippen LogP contribution in [0.2, 0.25) is 0 Å². The number of nitrogens with one attached hydrogen (secondary N) is 2. The van der Waals surface area contributed by atoms with Crippen molar-refractivity contribution in [2.75, 3.05) is 5.32 Å². The second kappa shape index (κ2) is 5.77. The number of nitrogens with two attached hydrogens (primary N) is 1. The van der Waals surface area contributed by atoms with Gasteiger partial charge >= 0.3 is 0 Å². The van der Waals surface area contributed by atoms with Gasteiger partial charge in [-0.1, -0.05) is 36.4 Å². The normalized spacial score (nSPS) is 15.7. The predicted octanol–water partition coefficient (Wildman–Crippen LogP) is 2.71. The summed E-state index contributed by atoms with van der Waals surface area (Å²) in [5.74, 6) is 5.98. The van der Waals surface area contributed by atoms with Crippen molar-refractivity contribution < 1.29 is 0 Å². The van der Waals surface area contributed by atoms with Gasteiger partial charge in [0, 0.05) is 18.0 Å². The van der Waals surface area contributed by atoms with Gasteiger partial charge in [0.25, 0.3) is 0 Å². The van der Waals surface area contributed by atoms with Gasteiger partial charge in [0.1, 0.15) is 0 Å². The average Bonchev–Trinajstić information content (AvgIpc) is 2.52. The summed E-state index contributed by atoms with van der Waals surface area (Å²) in [6.07, 6.45) is 6.85. The molecule has 1 heterocycles. The molecule has 4 N–H and O–H groups in total. The largest absolute Gasteiger partial charge is 0.345 e. The van der Waals surface area contributed by atoms with Crippen molar-refractivity contribution >= 4 is 11.6 Å². The lowest BCUT2D eigenvalue weighted by atomic mass is 9.72. The van der Waals surface area contributed by atoms with E-state index in [2.05, 4.69) is 58.5 Å². The maximum atomic E-state index is 5.34. The minimum atomic E-state index is -0.0433. The molecule has 1 fully saturated rings. The van der Waals surface area contributed by atoms with E-state index in [9.17, 15) is 0 Å². The molecule has 114 valence electrons. The second-order valence-electron chi connectivity index (χ2n) is 5.84. The van der Waals surface area contributed by atoms with Crippen LogP contribution < -0.4 is 16.6 Å². The van der Waals surface area contributed by atoms with Crippen molar-refractivity contribution in [3.8, 4) is 0 Å². The molecule has 0 saturated heterocycles. The molecule has 1 aromatic heterocycles. The van der Waals surface area contributed by atoms with Gasteiger partial charge in [-0.2, -0.15) is 0 Å². The smallest absolute Gasteiger partial charge is 0.223 e. The first-order valence-corrected chi connectivity index (χ1v) is 7.46. The predicted molar refractivity (Wildman–Crippen MR) is 88.7 cm³/mol. The summed E-state index contributed by atoms with van der Waals surface area (Å²) < 4.78 is 0. The van der Waals surface area contributed by atoms with Crippen LogP contribution in [0.25, 0.3) is 5.70 Å². The van der Waals surface area contributed by atoms with Crippen molar-refractivity contribution in [1.82, 2.24) is 15.4 Å². The topological polar surface area (TPSA) is 75.9 Å². The Kier molecular flexibility index (Phi) is 3.81. The van der Waals surface area contributed by atoms with E-state index in [0.29, 0.717) is 11.6 Å². The minimum absolute atomic E-state index is 0.0433. The zero-order valence-corrected chi connectivity index (χ0v) is 12.8. The van der Waals surface area contributed by atoms with Crippen LogP contribution in [-0.2, 0) is 5.54 Å². The summed E-state index contributed by atoms with van der Waals surface area (Å²) in [6.45, 7) is 5.90. The van der Waals surface area contributed by atoms with Gasteiger partial charge in [0.15, 0.2) is 0 Å². The molecule has 5 heteroatoms. The zero-order valence-electron chi connectivity index (χ0n) is 12.8. The van der Waals surface area contributed by atoms with E-state index < -0.39 is 0 Å². The lowest BCUT2D eigenvalue weighted by molar-refractivity contribution is 0.282. The third-order valence-electron chi connectivity index (χ3n) is 4.34. The number of nitrogens with zero attached hydrogens (tertiary/aromatic N) is 2. The van der Waals surface area contributed by atoms with Crippen molar-refractivity contribution in [1.29, 1.82) is 0 Å². The lowest BCUT2D eigenvalue weighted by Gasteiger charge is -2.43. The standard InChI is InChI=1S/C17H21N5/c1-12-4-6-15(7-5-12)17(8-3-9-17)21-16-19-10-14(11-20-16)13(2)22-18/h4-7,10-11,22H,2-3,8-9,18H2,1H3,(H,19,20,21). The first kappa shape index (κ1) is 14.5. The van der Waals surface area contributed by atoms with Gasteiger partial charge in [0.05, 0.1) is 11.2 Å². The summed E-state index contributed by atoms with van der Waals surface area (Å²) in [5, 5.41) is 3.51. The third-order valence-corrected chi connectivity index (χ3v) is 4.34. The van der Waals surface area contributed by atoms with Gasteiger partial charge in [-0.25, -0.2) is 9.97 Å². The van der Waals surface area contributed by atoms with Crippen LogP contribution in [0.4, 0.5) is 5.95 Å². The first-order chi connectivity index (χ1) is 10.6. The summed E-state index contributed by atoms with van der Waals surface area (Å²) >= 11 is 0. The number of aromatic nitrogens is 2. The molecule has 22 heavy (non-hydrogen) atoms. The quantitative estimate of drug-likeness (QED) is 0.584. The molecule has 0 amide bonds. The summed E-state index contributed by atoms with van der Waals surface area (Å²) in [6, 6.07) is 8.68. The maximum Gasteiger partial charge on any atom is 0.223 e. The Labute approximate surface area is 130 Å². The number of aryl methyl sites for hydroxylation is 1. The fraction of sp³-hybridized carbons (Fsp3) is 0.294. The number of benzene rings is 1. The van der Waals surface area contributed by atoms with Gasteiger partial charge in [-0.05, 0) is 31.7 Å². The lowest BCUT2D eigenvalue weighted by Crippen LogP contribution is -2.42. The van der Waals surface area contributed by atoms with Crippen molar-refractivity contribution in [3.05, 3.63) is 59.9 Å². The van der Waals surface area contributed by atoms with E-state index in [0.717, 1.165) is 18.4 Å². The molecular weight excluding hydrogens is 274 g/mol. The fourth-order valence-electron chi connectivity index (χ4n) is 2.73. The van der Waals surface area contributed by atoms with Crippen molar-refractivity contribution in [2.24, 2.45) is 5.84 Å². The van der Waals surface area contributed by atoms with Crippen LogP contribution in [0.3, 0.4) is 0 Å². The van der Waals surface area contributed by atoms with Gasteiger partial charge < -0.3 is 10.7 Å². The number of anilines is 1.